The number of ketones is 3. The van der Waals surface area contributed by atoms with Crippen LogP contribution in [0.15, 0.2) is 42.5 Å². The molecule has 1 N–H and O–H groups in total. The number of rotatable bonds is 8. The lowest BCUT2D eigenvalue weighted by Gasteiger charge is -2.32. The van der Waals surface area contributed by atoms with Gasteiger partial charge in [0.1, 0.15) is 6.04 Å². The molecule has 0 radical (unpaired) electrons. The maximum absolute atomic E-state index is 14.0. The van der Waals surface area contributed by atoms with Crippen molar-refractivity contribution in [3.8, 4) is 0 Å². The van der Waals surface area contributed by atoms with Crippen LogP contribution in [-0.2, 0) is 28.8 Å². The highest BCUT2D eigenvalue weighted by Gasteiger charge is 2.69. The van der Waals surface area contributed by atoms with Crippen LogP contribution in [0, 0.1) is 29.1 Å². The number of nitrogens with one attached hydrogen (secondary N) is 1. The van der Waals surface area contributed by atoms with Crippen molar-refractivity contribution in [1.82, 2.24) is 15.1 Å². The van der Waals surface area contributed by atoms with Gasteiger partial charge in [0.25, 0.3) is 0 Å². The van der Waals surface area contributed by atoms with Crippen molar-refractivity contribution in [2.75, 3.05) is 20.6 Å². The molecule has 9 nitrogen and oxygen atoms in total. The fourth-order valence-electron chi connectivity index (χ4n) is 7.58. The molecule has 0 unspecified atom stereocenters. The van der Waals surface area contributed by atoms with E-state index in [-0.39, 0.29) is 60.0 Å². The Hall–Kier alpha value is -3.62. The minimum Gasteiger partial charge on any atom is -0.347 e. The van der Waals surface area contributed by atoms with Crippen LogP contribution in [0.25, 0.3) is 0 Å². The van der Waals surface area contributed by atoms with Gasteiger partial charge in [0.2, 0.25) is 23.5 Å². The molecular weight excluding hydrogens is 594 g/mol. The van der Waals surface area contributed by atoms with Crippen molar-refractivity contribution >= 4 is 35.1 Å². The second-order valence-corrected chi connectivity index (χ2v) is 14.6. The van der Waals surface area contributed by atoms with E-state index in [0.29, 0.717) is 24.9 Å². The Bertz CT molecular complexity index is 1350. The molecule has 2 heterocycles. The van der Waals surface area contributed by atoms with Gasteiger partial charge in [0.15, 0.2) is 11.6 Å². The van der Waals surface area contributed by atoms with Crippen molar-refractivity contribution < 1.29 is 28.8 Å². The molecular formula is C38H53N3O6. The summed E-state index contributed by atoms with van der Waals surface area (Å²) < 4.78 is 0. The summed E-state index contributed by atoms with van der Waals surface area (Å²) in [5, 5.41) is 2.73. The number of allylic oxidation sites excluding steroid dienone is 2. The fraction of sp³-hybridized carbons (Fsp3) is 0.632. The Morgan fingerprint density at radius 3 is 2.21 bits per heavy atom. The number of benzene rings is 1. The molecule has 47 heavy (non-hydrogen) atoms. The van der Waals surface area contributed by atoms with Crippen LogP contribution in [0.4, 0.5) is 0 Å². The number of likely N-dealkylation sites (N-methyl/N-ethyl adjacent to an activating group) is 1. The first kappa shape index (κ1) is 36.2. The van der Waals surface area contributed by atoms with Crippen LogP contribution in [0.5, 0.6) is 0 Å². The molecule has 4 rings (SSSR count). The third-order valence-electron chi connectivity index (χ3n) is 10.6. The lowest BCUT2D eigenvalue weighted by molar-refractivity contribution is -0.144. The van der Waals surface area contributed by atoms with Gasteiger partial charge in [-0.05, 0) is 61.3 Å². The van der Waals surface area contributed by atoms with E-state index >= 15 is 0 Å². The summed E-state index contributed by atoms with van der Waals surface area (Å²) in [5.41, 5.74) is 0.575. The van der Waals surface area contributed by atoms with E-state index in [2.05, 4.69) is 31.3 Å². The zero-order valence-corrected chi connectivity index (χ0v) is 28.8. The number of piperidine rings is 1. The van der Waals surface area contributed by atoms with Gasteiger partial charge in [-0.3, -0.25) is 28.8 Å². The zero-order chi connectivity index (χ0) is 34.3. The number of amides is 3. The average molecular weight is 648 g/mol. The van der Waals surface area contributed by atoms with Gasteiger partial charge in [0.05, 0.1) is 6.04 Å². The molecule has 1 saturated carbocycles. The highest BCUT2D eigenvalue weighted by atomic mass is 16.2. The van der Waals surface area contributed by atoms with Gasteiger partial charge in [-0.15, -0.1) is 0 Å². The first-order chi connectivity index (χ1) is 22.3. The summed E-state index contributed by atoms with van der Waals surface area (Å²) >= 11 is 0. The predicted octanol–water partition coefficient (Wildman–Crippen LogP) is 5.24. The number of carbonyl (C=O) groups excluding carboxylic acids is 6. The molecule has 6 atom stereocenters. The van der Waals surface area contributed by atoms with Crippen molar-refractivity contribution in [3.05, 3.63) is 48.0 Å². The van der Waals surface area contributed by atoms with E-state index in [9.17, 15) is 28.8 Å². The maximum atomic E-state index is 14.0. The SMILES string of the molecule is C[C@H]1CCCCC=CCCCC[C@@H](C(=O)C(=O)CCC(=O)N[C@H](C(=O)N(C)C)c2ccccc2)CC(=O)[C@@H]2[C@@H]3[C@H](CN2C1=O)C3(C)C. The van der Waals surface area contributed by atoms with Crippen LogP contribution in [0.2, 0.25) is 0 Å². The molecule has 0 bridgehead atoms. The molecule has 1 aromatic rings. The molecule has 0 spiro atoms. The molecule has 1 aliphatic carbocycles. The first-order valence-corrected chi connectivity index (χ1v) is 17.4. The van der Waals surface area contributed by atoms with Crippen LogP contribution in [-0.4, -0.2) is 71.6 Å². The molecule has 256 valence electrons. The summed E-state index contributed by atoms with van der Waals surface area (Å²) in [6.45, 7) is 6.79. The average Bonchev–Trinajstić information content (AvgIpc) is 3.35. The van der Waals surface area contributed by atoms with Crippen LogP contribution in [0.1, 0.15) is 103 Å². The molecule has 1 saturated heterocycles. The molecule has 3 amide bonds. The highest BCUT2D eigenvalue weighted by Crippen LogP contribution is 2.65. The largest absolute Gasteiger partial charge is 0.347 e. The maximum Gasteiger partial charge on any atom is 0.249 e. The summed E-state index contributed by atoms with van der Waals surface area (Å²) in [6, 6.07) is 7.38. The second kappa shape index (κ2) is 16.0. The van der Waals surface area contributed by atoms with Crippen molar-refractivity contribution in [2.24, 2.45) is 29.1 Å². The molecule has 9 heteroatoms. The monoisotopic (exact) mass is 647 g/mol. The smallest absolute Gasteiger partial charge is 0.249 e. The van der Waals surface area contributed by atoms with Crippen molar-refractivity contribution in [2.45, 2.75) is 103 Å². The third kappa shape index (κ3) is 8.85. The van der Waals surface area contributed by atoms with Gasteiger partial charge in [0, 0.05) is 51.7 Å². The number of carbonyl (C=O) groups is 6. The highest BCUT2D eigenvalue weighted by molar-refractivity contribution is 6.38. The number of nitrogens with zero attached hydrogens (tertiary/aromatic N) is 2. The topological polar surface area (TPSA) is 121 Å². The standard InChI is InChI=1S/C38H53N3O6/c1-25-17-13-10-8-6-7-9-11-14-20-27(23-30(43)34-32-28(38(32,2)3)24-41(34)36(25)46)35(45)29(42)21-22-31(44)39-33(37(47)40(4)5)26-18-15-12-16-19-26/h6-7,12,15-16,18-19,25,27-28,32-34H,8-11,13-14,17,20-24H2,1-5H3,(H,39,44)/t25-,27+,28-,32-,33-,34+/m0/s1. The quantitative estimate of drug-likeness (QED) is 0.305. The van der Waals surface area contributed by atoms with E-state index in [4.69, 9.17) is 0 Å². The molecule has 2 fully saturated rings. The fourth-order valence-corrected chi connectivity index (χ4v) is 7.58. The molecule has 3 aliphatic rings. The van der Waals surface area contributed by atoms with E-state index in [0.717, 1.165) is 38.5 Å². The Morgan fingerprint density at radius 2 is 1.57 bits per heavy atom. The normalized spacial score (nSPS) is 27.2. The van der Waals surface area contributed by atoms with Gasteiger partial charge in [-0.2, -0.15) is 0 Å². The summed E-state index contributed by atoms with van der Waals surface area (Å²) in [5.74, 6) is -2.89. The summed E-state index contributed by atoms with van der Waals surface area (Å²) in [4.78, 5) is 83.4. The minimum absolute atomic E-state index is 0.0118. The van der Waals surface area contributed by atoms with E-state index in [1.54, 1.807) is 43.3 Å². The van der Waals surface area contributed by atoms with Crippen molar-refractivity contribution in [1.29, 1.82) is 0 Å². The Labute approximate surface area is 279 Å². The first-order valence-electron chi connectivity index (χ1n) is 17.4. The third-order valence-corrected chi connectivity index (χ3v) is 10.6. The van der Waals surface area contributed by atoms with Crippen molar-refractivity contribution in [3.63, 3.8) is 0 Å². The second-order valence-electron chi connectivity index (χ2n) is 14.6. The van der Waals surface area contributed by atoms with Gasteiger partial charge < -0.3 is 15.1 Å². The van der Waals surface area contributed by atoms with Gasteiger partial charge in [-0.1, -0.05) is 76.1 Å². The lowest BCUT2D eigenvalue weighted by atomic mass is 9.85. The van der Waals surface area contributed by atoms with E-state index in [1.807, 2.05) is 13.0 Å². The van der Waals surface area contributed by atoms with Gasteiger partial charge >= 0.3 is 0 Å². The molecule has 0 aromatic heterocycles. The zero-order valence-electron chi connectivity index (χ0n) is 28.8. The summed E-state index contributed by atoms with van der Waals surface area (Å²) in [7, 11) is 3.21. The van der Waals surface area contributed by atoms with Crippen LogP contribution in [0.3, 0.4) is 0 Å². The van der Waals surface area contributed by atoms with Crippen LogP contribution >= 0.6 is 0 Å². The minimum atomic E-state index is -0.913. The molecule has 1 aromatic carbocycles. The molecule has 2 aliphatic heterocycles. The lowest BCUT2D eigenvalue weighted by Crippen LogP contribution is -2.48. The number of fused-ring (bicyclic) bond motifs is 3. The number of Topliss-reactive ketones (excluding diaryl/α,β-unsaturated/α-hetero) is 3. The number of hydrogen-bond donors (Lipinski definition) is 1. The Kier molecular flexibility index (Phi) is 12.3. The van der Waals surface area contributed by atoms with Gasteiger partial charge in [-0.25, -0.2) is 0 Å². The Balaban J connectivity index is 1.45. The number of hydrogen-bond acceptors (Lipinski definition) is 6. The van der Waals surface area contributed by atoms with E-state index in [1.165, 1.54) is 4.90 Å². The predicted molar refractivity (Wildman–Crippen MR) is 180 cm³/mol. The Morgan fingerprint density at radius 1 is 0.936 bits per heavy atom. The summed E-state index contributed by atoms with van der Waals surface area (Å²) in [6.07, 6.45) is 10.2. The van der Waals surface area contributed by atoms with E-state index < -0.39 is 35.5 Å². The van der Waals surface area contributed by atoms with Crippen LogP contribution < -0.4 is 5.32 Å².